The highest BCUT2D eigenvalue weighted by atomic mass is 32.1. The molecule has 0 aromatic carbocycles. The number of hydrogen-bond donors (Lipinski definition) is 0. The molecule has 12 heavy (non-hydrogen) atoms. The highest BCUT2D eigenvalue weighted by Gasteiger charge is 2.25. The van der Waals surface area contributed by atoms with Gasteiger partial charge < -0.3 is 0 Å². The molecular weight excluding hydrogens is 168 g/mol. The van der Waals surface area contributed by atoms with E-state index in [2.05, 4.69) is 34.3 Å². The predicted octanol–water partition coefficient (Wildman–Crippen LogP) is 2.63. The van der Waals surface area contributed by atoms with E-state index in [1.807, 2.05) is 6.08 Å². The Kier molecular flexibility index (Phi) is 4.46. The lowest BCUT2D eigenvalue weighted by atomic mass is 9.81. The maximum absolute atomic E-state index is 10.8. The monoisotopic (exact) mass is 186 g/mol. The van der Waals surface area contributed by atoms with Crippen molar-refractivity contribution < 1.29 is 4.21 Å². The van der Waals surface area contributed by atoms with Crippen LogP contribution >= 0.6 is 0 Å². The first-order valence-electron chi connectivity index (χ1n) is 4.23. The van der Waals surface area contributed by atoms with E-state index >= 15 is 0 Å². The first-order valence-corrected chi connectivity index (χ1v) is 4.98. The van der Waals surface area contributed by atoms with Crippen LogP contribution in [0.15, 0.2) is 12.7 Å². The zero-order valence-corrected chi connectivity index (χ0v) is 9.20. The van der Waals surface area contributed by atoms with Crippen molar-refractivity contribution in [3.8, 4) is 0 Å². The van der Waals surface area contributed by atoms with Crippen LogP contribution in [0, 0.1) is 11.3 Å². The second kappa shape index (κ2) is 4.61. The number of hydrogen-bond acceptors (Lipinski definition) is 1. The van der Waals surface area contributed by atoms with Gasteiger partial charge in [-0.25, -0.2) is 4.21 Å². The van der Waals surface area contributed by atoms with E-state index in [-0.39, 0.29) is 5.41 Å². The molecule has 0 fully saturated rings. The maximum atomic E-state index is 10.8. The Morgan fingerprint density at radius 1 is 1.58 bits per heavy atom. The fourth-order valence-corrected chi connectivity index (χ4v) is 1.95. The summed E-state index contributed by atoms with van der Waals surface area (Å²) in [5.41, 5.74) is -0.0116. The first-order chi connectivity index (χ1) is 5.45. The van der Waals surface area contributed by atoms with Crippen LogP contribution in [0.4, 0.5) is 0 Å². The van der Waals surface area contributed by atoms with Gasteiger partial charge in [-0.3, -0.25) is 0 Å². The van der Waals surface area contributed by atoms with Crippen molar-refractivity contribution in [3.63, 3.8) is 0 Å². The number of allylic oxidation sites excluding steroid dienone is 1. The van der Waals surface area contributed by atoms with E-state index < -0.39 is 0 Å². The standard InChI is InChI=1S/C10H18OS/c1-6-7-10(4,5)9(12-11)8(2)3/h6,8H,1,7H2,2-5H3. The molecule has 0 unspecified atom stereocenters. The minimum atomic E-state index is -0.0116. The molecule has 0 heterocycles. The van der Waals surface area contributed by atoms with E-state index in [9.17, 15) is 4.21 Å². The maximum Gasteiger partial charge on any atom is 0.0884 e. The molecule has 70 valence electrons. The number of rotatable bonds is 4. The molecule has 0 saturated heterocycles. The summed E-state index contributed by atoms with van der Waals surface area (Å²) in [6.45, 7) is 12.0. The van der Waals surface area contributed by atoms with Crippen molar-refractivity contribution in [1.82, 2.24) is 0 Å². The molecule has 0 N–H and O–H groups in total. The molecule has 0 spiro atoms. The molecule has 0 bridgehead atoms. The molecule has 0 aliphatic carbocycles. The third-order valence-electron chi connectivity index (χ3n) is 1.94. The van der Waals surface area contributed by atoms with Gasteiger partial charge in [0.2, 0.25) is 0 Å². The van der Waals surface area contributed by atoms with Gasteiger partial charge in [0.15, 0.2) is 0 Å². The summed E-state index contributed by atoms with van der Waals surface area (Å²) < 4.78 is 10.8. The summed E-state index contributed by atoms with van der Waals surface area (Å²) in [4.78, 5) is 1.02. The Labute approximate surface area is 78.9 Å². The molecule has 0 aromatic heterocycles. The third kappa shape index (κ3) is 2.94. The minimum absolute atomic E-state index is 0.0116. The van der Waals surface area contributed by atoms with E-state index in [4.69, 9.17) is 0 Å². The second-order valence-electron chi connectivity index (χ2n) is 3.98. The quantitative estimate of drug-likeness (QED) is 0.487. The van der Waals surface area contributed by atoms with E-state index in [0.29, 0.717) is 17.2 Å². The molecule has 0 saturated carbocycles. The highest BCUT2D eigenvalue weighted by Crippen LogP contribution is 2.25. The van der Waals surface area contributed by atoms with E-state index in [1.165, 1.54) is 0 Å². The summed E-state index contributed by atoms with van der Waals surface area (Å²) in [5.74, 6) is 0.349. The van der Waals surface area contributed by atoms with Crippen molar-refractivity contribution in [2.45, 2.75) is 34.1 Å². The summed E-state index contributed by atoms with van der Waals surface area (Å²) in [5, 5.41) is 0. The van der Waals surface area contributed by atoms with Crippen molar-refractivity contribution in [2.75, 3.05) is 0 Å². The van der Waals surface area contributed by atoms with Gasteiger partial charge in [-0.1, -0.05) is 33.8 Å². The molecule has 2 heteroatoms. The molecule has 0 aliphatic rings. The minimum Gasteiger partial charge on any atom is -0.212 e. The van der Waals surface area contributed by atoms with Crippen molar-refractivity contribution in [2.24, 2.45) is 11.3 Å². The molecule has 0 radical (unpaired) electrons. The zero-order valence-electron chi connectivity index (χ0n) is 8.39. The van der Waals surface area contributed by atoms with Crippen molar-refractivity contribution in [1.29, 1.82) is 0 Å². The molecule has 0 aromatic rings. The molecule has 0 aliphatic heterocycles. The first kappa shape index (κ1) is 11.6. The predicted molar refractivity (Wildman–Crippen MR) is 56.6 cm³/mol. The Bertz CT molecular complexity index is 210. The Balaban J connectivity index is 4.72. The van der Waals surface area contributed by atoms with Crippen molar-refractivity contribution in [3.05, 3.63) is 12.7 Å². The second-order valence-corrected chi connectivity index (χ2v) is 4.59. The van der Waals surface area contributed by atoms with Crippen LogP contribution in [0.5, 0.6) is 0 Å². The van der Waals surface area contributed by atoms with E-state index in [0.717, 1.165) is 11.3 Å². The average Bonchev–Trinajstić information content (AvgIpc) is 1.86. The Hall–Kier alpha value is -0.370. The largest absolute Gasteiger partial charge is 0.212 e. The Morgan fingerprint density at radius 3 is 2.33 bits per heavy atom. The van der Waals surface area contributed by atoms with Crippen LogP contribution in [0.1, 0.15) is 34.1 Å². The fraction of sp³-hybridized carbons (Fsp3) is 0.700. The summed E-state index contributed by atoms with van der Waals surface area (Å²) >= 11 is 0.644. The van der Waals surface area contributed by atoms with E-state index in [1.54, 1.807) is 0 Å². The topological polar surface area (TPSA) is 17.1 Å². The van der Waals surface area contributed by atoms with Crippen LogP contribution in [0.25, 0.3) is 0 Å². The van der Waals surface area contributed by atoms with Crippen LogP contribution in [0.2, 0.25) is 0 Å². The smallest absolute Gasteiger partial charge is 0.0884 e. The third-order valence-corrected chi connectivity index (χ3v) is 3.14. The van der Waals surface area contributed by atoms with Gasteiger partial charge in [-0.15, -0.1) is 6.58 Å². The average molecular weight is 186 g/mol. The van der Waals surface area contributed by atoms with Gasteiger partial charge in [0, 0.05) is 10.3 Å². The molecule has 0 amide bonds. The zero-order chi connectivity index (χ0) is 9.78. The molecule has 0 atom stereocenters. The van der Waals surface area contributed by atoms with Crippen LogP contribution in [0.3, 0.4) is 0 Å². The fourth-order valence-electron chi connectivity index (χ4n) is 1.45. The van der Waals surface area contributed by atoms with Crippen LogP contribution in [-0.2, 0) is 11.3 Å². The normalized spacial score (nSPS) is 11.4. The van der Waals surface area contributed by atoms with Gasteiger partial charge in [0.1, 0.15) is 0 Å². The molecule has 0 rings (SSSR count). The van der Waals surface area contributed by atoms with Crippen LogP contribution in [-0.4, -0.2) is 9.07 Å². The lowest BCUT2D eigenvalue weighted by Gasteiger charge is -2.26. The van der Waals surface area contributed by atoms with Gasteiger partial charge in [-0.05, 0) is 12.3 Å². The summed E-state index contributed by atoms with van der Waals surface area (Å²) in [6, 6.07) is 0. The summed E-state index contributed by atoms with van der Waals surface area (Å²) in [7, 11) is 0. The lowest BCUT2D eigenvalue weighted by molar-refractivity contribution is 0.515. The van der Waals surface area contributed by atoms with Gasteiger partial charge in [0.05, 0.1) is 11.3 Å². The van der Waals surface area contributed by atoms with Gasteiger partial charge >= 0.3 is 0 Å². The lowest BCUT2D eigenvalue weighted by Crippen LogP contribution is -2.27. The highest BCUT2D eigenvalue weighted by molar-refractivity contribution is 7.66. The van der Waals surface area contributed by atoms with Gasteiger partial charge in [0.25, 0.3) is 0 Å². The SMILES string of the molecule is C=CCC(C)(C)C(=S=O)C(C)C. The van der Waals surface area contributed by atoms with Crippen molar-refractivity contribution >= 4 is 16.1 Å². The Morgan fingerprint density at radius 2 is 2.08 bits per heavy atom. The molecule has 1 nitrogen and oxygen atoms in total. The van der Waals surface area contributed by atoms with Crippen LogP contribution < -0.4 is 0 Å². The van der Waals surface area contributed by atoms with Gasteiger partial charge in [-0.2, -0.15) is 0 Å². The summed E-state index contributed by atoms with van der Waals surface area (Å²) in [6.07, 6.45) is 2.74. The molecular formula is C10H18OS.